The fourth-order valence-corrected chi connectivity index (χ4v) is 5.18. The summed E-state index contributed by atoms with van der Waals surface area (Å²) in [7, 11) is -4.41. The van der Waals surface area contributed by atoms with E-state index in [9.17, 15) is 35.9 Å². The number of halogens is 5. The second-order valence-electron chi connectivity index (χ2n) is 8.98. The third kappa shape index (κ3) is 5.53. The summed E-state index contributed by atoms with van der Waals surface area (Å²) < 4.78 is 83.2. The van der Waals surface area contributed by atoms with E-state index in [4.69, 9.17) is 11.6 Å². The molecule has 2 aromatic heterocycles. The highest BCUT2D eigenvalue weighted by Crippen LogP contribution is 2.40. The molecule has 1 saturated heterocycles. The number of carboxylic acids is 1. The Balaban J connectivity index is 1.64. The molecular weight excluding hydrogens is 552 g/mol. The number of piperidine rings is 1. The Morgan fingerprint density at radius 1 is 1.08 bits per heavy atom. The van der Waals surface area contributed by atoms with E-state index in [1.165, 1.54) is 12.1 Å². The molecule has 2 N–H and O–H groups in total. The fourth-order valence-electron chi connectivity index (χ4n) is 4.00. The molecule has 0 spiro atoms. The number of sulfonamides is 1. The van der Waals surface area contributed by atoms with Crippen LogP contribution in [0.4, 0.5) is 29.2 Å². The minimum absolute atomic E-state index is 0.299. The second kappa shape index (κ2) is 10.0. The molecule has 0 amide bonds. The highest BCUT2D eigenvalue weighted by molar-refractivity contribution is 7.92. The number of aliphatic carboxylic acids is 1. The van der Waals surface area contributed by atoms with Crippen LogP contribution in [0, 0.1) is 11.2 Å². The van der Waals surface area contributed by atoms with Crippen molar-refractivity contribution in [2.24, 2.45) is 5.41 Å². The normalized spacial score (nSPS) is 15.8. The van der Waals surface area contributed by atoms with Gasteiger partial charge in [-0.25, -0.2) is 14.4 Å². The predicted octanol–water partition coefficient (Wildman–Crippen LogP) is 5.45. The first-order valence-electron chi connectivity index (χ1n) is 11.2. The van der Waals surface area contributed by atoms with Crippen molar-refractivity contribution in [3.05, 3.63) is 64.9 Å². The standard InChI is InChI=1S/C24H21ClF4N4O4S/c1-23(22(34)35)10-12-33(13-11-23)18-6-3-7-19(31-18)38(36,37)32-17-9-8-15(24(27,28)29)21(30-17)14-4-2-5-16(26)20(14)25/h2-9H,10-13H2,1H3,(H,30,32)(H,34,35). The first kappa shape index (κ1) is 27.6. The Labute approximate surface area is 220 Å². The van der Waals surface area contributed by atoms with Crippen LogP contribution in [0.5, 0.6) is 0 Å². The molecule has 0 bridgehead atoms. The number of alkyl halides is 3. The summed E-state index contributed by atoms with van der Waals surface area (Å²) in [6.07, 6.45) is -4.21. The summed E-state index contributed by atoms with van der Waals surface area (Å²) in [6.45, 7) is 2.32. The molecule has 0 atom stereocenters. The van der Waals surface area contributed by atoms with Gasteiger partial charge in [0, 0.05) is 18.7 Å². The lowest BCUT2D eigenvalue weighted by Crippen LogP contribution is -2.43. The number of carbonyl (C=O) groups is 1. The molecule has 4 rings (SSSR count). The highest BCUT2D eigenvalue weighted by Gasteiger charge is 2.38. The van der Waals surface area contributed by atoms with Gasteiger partial charge in [-0.05, 0) is 50.1 Å². The average Bonchev–Trinajstić information content (AvgIpc) is 2.85. The van der Waals surface area contributed by atoms with Crippen molar-refractivity contribution >= 4 is 39.2 Å². The fraction of sp³-hybridized carbons (Fsp3) is 0.292. The zero-order valence-corrected chi connectivity index (χ0v) is 21.3. The van der Waals surface area contributed by atoms with Gasteiger partial charge in [0.2, 0.25) is 0 Å². The smallest absolute Gasteiger partial charge is 0.418 e. The maximum Gasteiger partial charge on any atom is 0.418 e. The number of benzene rings is 1. The molecule has 14 heteroatoms. The van der Waals surface area contributed by atoms with Crippen LogP contribution >= 0.6 is 11.6 Å². The lowest BCUT2D eigenvalue weighted by Gasteiger charge is -2.37. The van der Waals surface area contributed by atoms with E-state index in [-0.39, 0.29) is 5.56 Å². The van der Waals surface area contributed by atoms with Gasteiger partial charge in [-0.3, -0.25) is 9.52 Å². The molecule has 0 saturated carbocycles. The molecule has 1 fully saturated rings. The van der Waals surface area contributed by atoms with Gasteiger partial charge in [-0.1, -0.05) is 29.8 Å². The Morgan fingerprint density at radius 3 is 2.37 bits per heavy atom. The van der Waals surface area contributed by atoms with Gasteiger partial charge >= 0.3 is 12.1 Å². The molecule has 38 heavy (non-hydrogen) atoms. The van der Waals surface area contributed by atoms with Crippen molar-refractivity contribution in [1.29, 1.82) is 0 Å². The zero-order chi connectivity index (χ0) is 27.9. The van der Waals surface area contributed by atoms with E-state index in [2.05, 4.69) is 14.7 Å². The Kier molecular flexibility index (Phi) is 7.28. The number of anilines is 2. The summed E-state index contributed by atoms with van der Waals surface area (Å²) in [5.41, 5.74) is -3.23. The zero-order valence-electron chi connectivity index (χ0n) is 19.8. The number of hydrogen-bond donors (Lipinski definition) is 2. The number of carboxylic acid groups (broad SMARTS) is 1. The van der Waals surface area contributed by atoms with Crippen LogP contribution in [-0.4, -0.2) is 42.6 Å². The summed E-state index contributed by atoms with van der Waals surface area (Å²) in [4.78, 5) is 21.2. The number of rotatable bonds is 6. The van der Waals surface area contributed by atoms with Crippen LogP contribution in [0.3, 0.4) is 0 Å². The van der Waals surface area contributed by atoms with Crippen LogP contribution in [0.25, 0.3) is 11.3 Å². The van der Waals surface area contributed by atoms with E-state index in [0.29, 0.717) is 37.8 Å². The van der Waals surface area contributed by atoms with E-state index in [1.807, 2.05) is 0 Å². The first-order valence-corrected chi connectivity index (χ1v) is 13.1. The molecule has 0 unspecified atom stereocenters. The van der Waals surface area contributed by atoms with Crippen LogP contribution in [0.2, 0.25) is 5.02 Å². The van der Waals surface area contributed by atoms with Crippen molar-refractivity contribution in [3.8, 4) is 11.3 Å². The molecule has 1 aliphatic heterocycles. The number of aromatic nitrogens is 2. The van der Waals surface area contributed by atoms with Crippen LogP contribution in [-0.2, 0) is 21.0 Å². The average molecular weight is 573 g/mol. The van der Waals surface area contributed by atoms with E-state index in [0.717, 1.165) is 24.3 Å². The van der Waals surface area contributed by atoms with Gasteiger partial charge in [0.05, 0.1) is 21.7 Å². The number of hydrogen-bond acceptors (Lipinski definition) is 6. The molecule has 3 heterocycles. The van der Waals surface area contributed by atoms with Crippen LogP contribution in [0.15, 0.2) is 53.6 Å². The molecule has 1 aromatic carbocycles. The highest BCUT2D eigenvalue weighted by atomic mass is 35.5. The van der Waals surface area contributed by atoms with Crippen molar-refractivity contribution in [2.45, 2.75) is 31.0 Å². The van der Waals surface area contributed by atoms with Crippen molar-refractivity contribution in [3.63, 3.8) is 0 Å². The third-order valence-corrected chi connectivity index (χ3v) is 7.98. The maximum atomic E-state index is 14.0. The van der Waals surface area contributed by atoms with Gasteiger partial charge in [0.25, 0.3) is 10.0 Å². The van der Waals surface area contributed by atoms with E-state index in [1.54, 1.807) is 17.9 Å². The molecule has 202 valence electrons. The SMILES string of the molecule is CC1(C(=O)O)CCN(c2cccc(S(=O)(=O)Nc3ccc(C(F)(F)F)c(-c4cccc(F)c4Cl)n3)n2)CC1. The molecule has 0 aliphatic carbocycles. The summed E-state index contributed by atoms with van der Waals surface area (Å²) in [5, 5.41) is 8.39. The van der Waals surface area contributed by atoms with E-state index >= 15 is 0 Å². The molecular formula is C24H21ClF4N4O4S. The van der Waals surface area contributed by atoms with Gasteiger partial charge in [0.15, 0.2) is 5.03 Å². The molecule has 0 radical (unpaired) electrons. The van der Waals surface area contributed by atoms with Gasteiger partial charge < -0.3 is 10.0 Å². The second-order valence-corrected chi connectivity index (χ2v) is 11.0. The third-order valence-electron chi connectivity index (χ3n) is 6.34. The van der Waals surface area contributed by atoms with Gasteiger partial charge in [-0.2, -0.15) is 21.6 Å². The summed E-state index contributed by atoms with van der Waals surface area (Å²) in [6, 6.07) is 8.94. The Morgan fingerprint density at radius 2 is 1.74 bits per heavy atom. The predicted molar refractivity (Wildman–Crippen MR) is 132 cm³/mol. The molecule has 8 nitrogen and oxygen atoms in total. The molecule has 1 aliphatic rings. The van der Waals surface area contributed by atoms with Crippen molar-refractivity contribution < 1.29 is 35.9 Å². The molecule has 3 aromatic rings. The summed E-state index contributed by atoms with van der Waals surface area (Å²) >= 11 is 5.89. The maximum absolute atomic E-state index is 14.0. The van der Waals surface area contributed by atoms with Gasteiger partial charge in [0.1, 0.15) is 17.5 Å². The van der Waals surface area contributed by atoms with Crippen LogP contribution in [0.1, 0.15) is 25.3 Å². The van der Waals surface area contributed by atoms with Crippen molar-refractivity contribution in [2.75, 3.05) is 22.7 Å². The van der Waals surface area contributed by atoms with E-state index < -0.39 is 60.5 Å². The topological polar surface area (TPSA) is 112 Å². The largest absolute Gasteiger partial charge is 0.481 e. The van der Waals surface area contributed by atoms with Crippen molar-refractivity contribution in [1.82, 2.24) is 9.97 Å². The summed E-state index contributed by atoms with van der Waals surface area (Å²) in [5.74, 6) is -2.04. The first-order chi connectivity index (χ1) is 17.7. The van der Waals surface area contributed by atoms with Crippen LogP contribution < -0.4 is 9.62 Å². The number of nitrogens with one attached hydrogen (secondary N) is 1. The lowest BCUT2D eigenvalue weighted by atomic mass is 9.80. The lowest BCUT2D eigenvalue weighted by molar-refractivity contribution is -0.149. The Bertz CT molecular complexity index is 1490. The quantitative estimate of drug-likeness (QED) is 0.378. The Hall–Kier alpha value is -3.45. The minimum atomic E-state index is -4.88. The van der Waals surface area contributed by atoms with Gasteiger partial charge in [-0.15, -0.1) is 0 Å². The number of nitrogens with zero attached hydrogens (tertiary/aromatic N) is 3. The number of pyridine rings is 2. The monoisotopic (exact) mass is 572 g/mol. The minimum Gasteiger partial charge on any atom is -0.481 e.